The number of fused-ring (bicyclic) bond motifs is 2. The van der Waals surface area contributed by atoms with Crippen LogP contribution in [0.25, 0.3) is 5.52 Å². The van der Waals surface area contributed by atoms with Gasteiger partial charge in [0, 0.05) is 25.2 Å². The summed E-state index contributed by atoms with van der Waals surface area (Å²) >= 11 is 0. The SMILES string of the molecule is Cc1cccn2c(C(C)(C)NC(=O)[C@H]3[C@@H]4CN(C(O)OC(C)(C)C)C[C@@H]43)nc(C)c12. The minimum Gasteiger partial charge on any atom is -0.356 e. The largest absolute Gasteiger partial charge is 0.356 e. The van der Waals surface area contributed by atoms with Gasteiger partial charge in [0.2, 0.25) is 12.3 Å². The zero-order valence-electron chi connectivity index (χ0n) is 19.1. The first-order valence-corrected chi connectivity index (χ1v) is 10.8. The number of likely N-dealkylation sites (tertiary alicyclic amines) is 1. The van der Waals surface area contributed by atoms with Gasteiger partial charge in [-0.25, -0.2) is 4.98 Å². The van der Waals surface area contributed by atoms with Crippen LogP contribution in [-0.4, -0.2) is 50.4 Å². The molecule has 7 heteroatoms. The van der Waals surface area contributed by atoms with Crippen molar-refractivity contribution in [2.24, 2.45) is 17.8 Å². The fourth-order valence-corrected chi connectivity index (χ4v) is 4.93. The van der Waals surface area contributed by atoms with Crippen LogP contribution in [0.1, 0.15) is 51.7 Å². The van der Waals surface area contributed by atoms with Crippen LogP contribution in [0.3, 0.4) is 0 Å². The zero-order valence-corrected chi connectivity index (χ0v) is 19.1. The number of carbonyl (C=O) groups excluding carboxylic acids is 1. The lowest BCUT2D eigenvalue weighted by Crippen LogP contribution is -2.46. The number of piperidine rings is 1. The van der Waals surface area contributed by atoms with E-state index in [-0.39, 0.29) is 23.7 Å². The Morgan fingerprint density at radius 2 is 1.87 bits per heavy atom. The fourth-order valence-electron chi connectivity index (χ4n) is 4.93. The molecule has 164 valence electrons. The number of hydrogen-bond donors (Lipinski definition) is 2. The molecule has 1 aliphatic heterocycles. The van der Waals surface area contributed by atoms with Crippen molar-refractivity contribution in [1.29, 1.82) is 0 Å². The molecule has 2 aliphatic rings. The molecule has 4 rings (SSSR count). The number of ether oxygens (including phenoxy) is 1. The van der Waals surface area contributed by atoms with Gasteiger partial charge in [0.1, 0.15) is 5.82 Å². The van der Waals surface area contributed by atoms with Crippen LogP contribution in [0.5, 0.6) is 0 Å². The van der Waals surface area contributed by atoms with Gasteiger partial charge in [-0.1, -0.05) is 6.07 Å². The van der Waals surface area contributed by atoms with Gasteiger partial charge in [-0.3, -0.25) is 9.69 Å². The Hall–Kier alpha value is -1.96. The number of rotatable bonds is 5. The molecule has 30 heavy (non-hydrogen) atoms. The lowest BCUT2D eigenvalue weighted by atomic mass is 10.0. The van der Waals surface area contributed by atoms with Crippen molar-refractivity contribution in [3.8, 4) is 0 Å². The molecule has 2 fully saturated rings. The van der Waals surface area contributed by atoms with E-state index in [1.165, 1.54) is 5.56 Å². The second-order valence-corrected chi connectivity index (χ2v) is 10.4. The number of aromatic nitrogens is 2. The molecule has 1 aliphatic carbocycles. The maximum Gasteiger partial charge on any atom is 0.224 e. The lowest BCUT2D eigenvalue weighted by molar-refractivity contribution is -0.236. The van der Waals surface area contributed by atoms with E-state index in [0.717, 1.165) is 17.0 Å². The normalized spacial score (nSPS) is 25.4. The van der Waals surface area contributed by atoms with Crippen molar-refractivity contribution >= 4 is 11.4 Å². The van der Waals surface area contributed by atoms with Crippen molar-refractivity contribution in [1.82, 2.24) is 19.6 Å². The van der Waals surface area contributed by atoms with E-state index >= 15 is 0 Å². The number of imidazole rings is 1. The molecular weight excluding hydrogens is 380 g/mol. The van der Waals surface area contributed by atoms with Crippen LogP contribution in [0.15, 0.2) is 18.3 Å². The molecule has 0 aromatic carbocycles. The third kappa shape index (κ3) is 3.74. The second-order valence-electron chi connectivity index (χ2n) is 10.4. The molecule has 2 aromatic heterocycles. The first kappa shape index (κ1) is 21.3. The minimum atomic E-state index is -0.916. The van der Waals surface area contributed by atoms with Crippen molar-refractivity contribution in [3.05, 3.63) is 35.4 Å². The summed E-state index contributed by atoms with van der Waals surface area (Å²) in [7, 11) is 0. The Morgan fingerprint density at radius 1 is 1.23 bits per heavy atom. The van der Waals surface area contributed by atoms with Gasteiger partial charge >= 0.3 is 0 Å². The highest BCUT2D eigenvalue weighted by Crippen LogP contribution is 2.52. The van der Waals surface area contributed by atoms with Gasteiger partial charge in [0.05, 0.1) is 22.4 Å². The number of pyridine rings is 1. The number of amides is 1. The van der Waals surface area contributed by atoms with Crippen LogP contribution in [0.2, 0.25) is 0 Å². The first-order valence-electron chi connectivity index (χ1n) is 10.8. The van der Waals surface area contributed by atoms with Gasteiger partial charge in [-0.2, -0.15) is 0 Å². The van der Waals surface area contributed by atoms with E-state index in [0.29, 0.717) is 13.1 Å². The van der Waals surface area contributed by atoms with E-state index in [2.05, 4.69) is 22.7 Å². The highest BCUT2D eigenvalue weighted by atomic mass is 16.6. The van der Waals surface area contributed by atoms with Gasteiger partial charge < -0.3 is 19.6 Å². The van der Waals surface area contributed by atoms with E-state index < -0.39 is 17.6 Å². The molecule has 0 bridgehead atoms. The molecule has 7 nitrogen and oxygen atoms in total. The molecule has 1 saturated heterocycles. The number of carbonyl (C=O) groups is 1. The monoisotopic (exact) mass is 414 g/mol. The van der Waals surface area contributed by atoms with Crippen molar-refractivity contribution < 1.29 is 14.6 Å². The third-order valence-electron chi connectivity index (χ3n) is 6.33. The average molecular weight is 415 g/mol. The maximum atomic E-state index is 13.1. The number of aryl methyl sites for hydroxylation is 2. The molecule has 3 heterocycles. The molecule has 0 radical (unpaired) electrons. The summed E-state index contributed by atoms with van der Waals surface area (Å²) in [6.45, 7) is 15.2. The quantitative estimate of drug-likeness (QED) is 0.735. The van der Waals surface area contributed by atoms with E-state index in [1.807, 2.05) is 58.7 Å². The van der Waals surface area contributed by atoms with Gasteiger partial charge in [0.15, 0.2) is 0 Å². The molecule has 1 unspecified atom stereocenters. The number of aliphatic hydroxyl groups is 1. The predicted octanol–water partition coefficient (Wildman–Crippen LogP) is 2.57. The van der Waals surface area contributed by atoms with E-state index in [1.54, 1.807) is 0 Å². The maximum absolute atomic E-state index is 13.1. The number of nitrogens with one attached hydrogen (secondary N) is 1. The average Bonchev–Trinajstić information content (AvgIpc) is 2.95. The van der Waals surface area contributed by atoms with Gasteiger partial charge in [0.25, 0.3) is 0 Å². The molecule has 2 aromatic rings. The van der Waals surface area contributed by atoms with Crippen LogP contribution in [-0.2, 0) is 15.1 Å². The highest BCUT2D eigenvalue weighted by Gasteiger charge is 2.60. The summed E-state index contributed by atoms with van der Waals surface area (Å²) in [6, 6.07) is 4.09. The standard InChI is InChI=1S/C23H34N4O3/c1-13-9-8-10-27-18(13)14(2)24-20(27)23(6,7)25-19(28)17-15-11-26(12-16(15)17)21(29)30-22(3,4)5/h8-10,15-17,21,29H,11-12H2,1-7H3,(H,25,28)/t15-,16+,17+,21?. The summed E-state index contributed by atoms with van der Waals surface area (Å²) < 4.78 is 7.73. The molecule has 4 atom stereocenters. The summed E-state index contributed by atoms with van der Waals surface area (Å²) in [6.07, 6.45) is 1.09. The second kappa shape index (κ2) is 7.04. The van der Waals surface area contributed by atoms with E-state index in [9.17, 15) is 9.90 Å². The molecule has 1 saturated carbocycles. The first-order chi connectivity index (χ1) is 13.9. The summed E-state index contributed by atoms with van der Waals surface area (Å²) in [4.78, 5) is 19.8. The van der Waals surface area contributed by atoms with Crippen LogP contribution in [0, 0.1) is 31.6 Å². The number of aliphatic hydroxyl groups excluding tert-OH is 1. The van der Waals surface area contributed by atoms with Gasteiger partial charge in [-0.05, 0) is 71.9 Å². The van der Waals surface area contributed by atoms with E-state index in [4.69, 9.17) is 9.72 Å². The van der Waals surface area contributed by atoms with Crippen LogP contribution < -0.4 is 5.32 Å². The summed E-state index contributed by atoms with van der Waals surface area (Å²) in [5, 5.41) is 13.5. The Balaban J connectivity index is 1.42. The Bertz CT molecular complexity index is 963. The van der Waals surface area contributed by atoms with Crippen molar-refractivity contribution in [2.75, 3.05) is 13.1 Å². The van der Waals surface area contributed by atoms with Crippen molar-refractivity contribution in [3.63, 3.8) is 0 Å². The third-order valence-corrected chi connectivity index (χ3v) is 6.33. The van der Waals surface area contributed by atoms with Crippen LogP contribution >= 0.6 is 0 Å². The lowest BCUT2D eigenvalue weighted by Gasteiger charge is -2.31. The molecular formula is C23H34N4O3. The predicted molar refractivity (Wildman–Crippen MR) is 115 cm³/mol. The molecule has 1 amide bonds. The zero-order chi connectivity index (χ0) is 22.0. The Kier molecular flexibility index (Phi) is 4.99. The smallest absolute Gasteiger partial charge is 0.224 e. The molecule has 0 spiro atoms. The van der Waals surface area contributed by atoms with Crippen molar-refractivity contribution in [2.45, 2.75) is 66.0 Å². The fraction of sp³-hybridized carbons (Fsp3) is 0.652. The number of nitrogens with zero attached hydrogens (tertiary/aromatic N) is 3. The minimum absolute atomic E-state index is 0.00331. The summed E-state index contributed by atoms with van der Waals surface area (Å²) in [5.74, 6) is 1.47. The van der Waals surface area contributed by atoms with Gasteiger partial charge in [-0.15, -0.1) is 0 Å². The molecule has 2 N–H and O–H groups in total. The Morgan fingerprint density at radius 3 is 2.47 bits per heavy atom. The number of hydrogen-bond acceptors (Lipinski definition) is 5. The summed E-state index contributed by atoms with van der Waals surface area (Å²) in [5.41, 5.74) is 2.24. The highest BCUT2D eigenvalue weighted by molar-refractivity contribution is 5.83. The Labute approximate surface area is 178 Å². The van der Waals surface area contributed by atoms with Crippen LogP contribution in [0.4, 0.5) is 0 Å². The topological polar surface area (TPSA) is 79.1 Å².